The van der Waals surface area contributed by atoms with Crippen molar-refractivity contribution in [2.75, 3.05) is 32.1 Å². The van der Waals surface area contributed by atoms with Gasteiger partial charge >= 0.3 is 0 Å². The number of morpholine rings is 1. The van der Waals surface area contributed by atoms with Gasteiger partial charge in [0.25, 0.3) is 11.1 Å². The molecular formula is C14H16N4O5S. The van der Waals surface area contributed by atoms with Crippen LogP contribution >= 0.6 is 11.8 Å². The van der Waals surface area contributed by atoms with E-state index in [1.165, 1.54) is 18.0 Å². The Morgan fingerprint density at radius 2 is 2.12 bits per heavy atom. The Hall–Kier alpha value is -2.33. The highest BCUT2D eigenvalue weighted by Gasteiger charge is 2.18. The van der Waals surface area contributed by atoms with E-state index in [4.69, 9.17) is 13.6 Å². The lowest BCUT2D eigenvalue weighted by atomic mass is 10.4. The van der Waals surface area contributed by atoms with Crippen LogP contribution in [0.1, 0.15) is 16.4 Å². The quantitative estimate of drug-likeness (QED) is 0.750. The zero-order chi connectivity index (χ0) is 16.8. The van der Waals surface area contributed by atoms with Gasteiger partial charge < -0.3 is 23.8 Å². The fourth-order valence-electron chi connectivity index (χ4n) is 2.05. The molecule has 24 heavy (non-hydrogen) atoms. The van der Waals surface area contributed by atoms with Crippen LogP contribution in [-0.2, 0) is 16.1 Å². The molecule has 0 unspecified atom stereocenters. The monoisotopic (exact) mass is 352 g/mol. The largest absolute Gasteiger partial charge is 0.459 e. The number of thioether (sulfide) groups is 1. The SMILES string of the molecule is O=C(NCc1nnc(SCC(=O)N2CCOCC2)o1)c1ccco1. The van der Waals surface area contributed by atoms with Crippen LogP contribution in [0.5, 0.6) is 0 Å². The molecule has 0 aromatic carbocycles. The van der Waals surface area contributed by atoms with E-state index in [1.54, 1.807) is 17.0 Å². The van der Waals surface area contributed by atoms with Gasteiger partial charge in [-0.2, -0.15) is 0 Å². The second kappa shape index (κ2) is 7.97. The van der Waals surface area contributed by atoms with E-state index in [2.05, 4.69) is 15.5 Å². The fourth-order valence-corrected chi connectivity index (χ4v) is 2.73. The summed E-state index contributed by atoms with van der Waals surface area (Å²) in [5.74, 6) is 0.334. The Balaban J connectivity index is 1.43. The lowest BCUT2D eigenvalue weighted by molar-refractivity contribution is -0.132. The summed E-state index contributed by atoms with van der Waals surface area (Å²) in [5.41, 5.74) is 0. The predicted octanol–water partition coefficient (Wildman–Crippen LogP) is 0.543. The minimum absolute atomic E-state index is 0.00849. The summed E-state index contributed by atoms with van der Waals surface area (Å²) in [5, 5.41) is 10.6. The molecule has 1 N–H and O–H groups in total. The summed E-state index contributed by atoms with van der Waals surface area (Å²) in [7, 11) is 0. The number of amides is 2. The summed E-state index contributed by atoms with van der Waals surface area (Å²) >= 11 is 1.17. The lowest BCUT2D eigenvalue weighted by Crippen LogP contribution is -2.41. The number of aromatic nitrogens is 2. The van der Waals surface area contributed by atoms with Gasteiger partial charge in [0.1, 0.15) is 0 Å². The normalized spacial score (nSPS) is 14.6. The maximum Gasteiger partial charge on any atom is 0.287 e. The summed E-state index contributed by atoms with van der Waals surface area (Å²) in [6, 6.07) is 3.18. The Morgan fingerprint density at radius 1 is 1.29 bits per heavy atom. The van der Waals surface area contributed by atoms with Crippen molar-refractivity contribution in [3.05, 3.63) is 30.0 Å². The maximum atomic E-state index is 12.0. The van der Waals surface area contributed by atoms with Gasteiger partial charge in [0.05, 0.1) is 31.8 Å². The standard InChI is InChI=1S/C14H16N4O5S/c19-12(18-3-6-21-7-4-18)9-24-14-17-16-11(23-14)8-15-13(20)10-2-1-5-22-10/h1-2,5H,3-4,6-9H2,(H,15,20). The van der Waals surface area contributed by atoms with E-state index in [0.717, 1.165) is 0 Å². The van der Waals surface area contributed by atoms with Gasteiger partial charge in [0, 0.05) is 13.1 Å². The molecule has 0 atom stereocenters. The Kier molecular flexibility index (Phi) is 5.49. The summed E-state index contributed by atoms with van der Waals surface area (Å²) in [6.07, 6.45) is 1.42. The molecule has 0 saturated carbocycles. The summed E-state index contributed by atoms with van der Waals surface area (Å²) in [6.45, 7) is 2.43. The first kappa shape index (κ1) is 16.5. The van der Waals surface area contributed by atoms with Gasteiger partial charge in [-0.3, -0.25) is 9.59 Å². The maximum absolute atomic E-state index is 12.0. The molecule has 128 valence electrons. The average Bonchev–Trinajstić information content (AvgIpc) is 3.30. The third-order valence-corrected chi connectivity index (χ3v) is 4.08. The average molecular weight is 352 g/mol. The van der Waals surface area contributed by atoms with Crippen molar-refractivity contribution in [2.45, 2.75) is 11.8 Å². The van der Waals surface area contributed by atoms with Gasteiger partial charge in [0.2, 0.25) is 11.8 Å². The third kappa shape index (κ3) is 4.36. The Morgan fingerprint density at radius 3 is 2.88 bits per heavy atom. The van der Waals surface area contributed by atoms with Gasteiger partial charge in [-0.1, -0.05) is 11.8 Å². The minimum atomic E-state index is -0.366. The number of hydrogen-bond acceptors (Lipinski definition) is 8. The fraction of sp³-hybridized carbons (Fsp3) is 0.429. The van der Waals surface area contributed by atoms with Gasteiger partial charge in [-0.15, -0.1) is 10.2 Å². The van der Waals surface area contributed by atoms with Gasteiger partial charge in [0.15, 0.2) is 5.76 Å². The predicted molar refractivity (Wildman–Crippen MR) is 82.3 cm³/mol. The molecule has 0 radical (unpaired) electrons. The van der Waals surface area contributed by atoms with Crippen molar-refractivity contribution in [1.29, 1.82) is 0 Å². The van der Waals surface area contributed by atoms with Crippen molar-refractivity contribution in [1.82, 2.24) is 20.4 Å². The number of carbonyl (C=O) groups is 2. The van der Waals surface area contributed by atoms with Crippen LogP contribution in [0, 0.1) is 0 Å². The minimum Gasteiger partial charge on any atom is -0.459 e. The molecular weight excluding hydrogens is 336 g/mol. The molecule has 1 aliphatic heterocycles. The number of nitrogens with zero attached hydrogens (tertiary/aromatic N) is 3. The van der Waals surface area contributed by atoms with Crippen LogP contribution in [-0.4, -0.2) is 59.0 Å². The molecule has 1 aliphatic rings. The van der Waals surface area contributed by atoms with Crippen molar-refractivity contribution < 1.29 is 23.2 Å². The first-order valence-corrected chi connectivity index (χ1v) is 8.33. The van der Waals surface area contributed by atoms with Crippen molar-refractivity contribution in [3.63, 3.8) is 0 Å². The van der Waals surface area contributed by atoms with Gasteiger partial charge in [-0.05, 0) is 12.1 Å². The zero-order valence-corrected chi connectivity index (χ0v) is 13.6. The molecule has 1 saturated heterocycles. The first-order valence-electron chi connectivity index (χ1n) is 7.35. The molecule has 9 nitrogen and oxygen atoms in total. The molecule has 2 amide bonds. The number of furan rings is 1. The van der Waals surface area contributed by atoms with E-state index in [0.29, 0.717) is 31.5 Å². The lowest BCUT2D eigenvalue weighted by Gasteiger charge is -2.26. The molecule has 0 aliphatic carbocycles. The van der Waals surface area contributed by atoms with Crippen LogP contribution in [0.3, 0.4) is 0 Å². The Bertz CT molecular complexity index is 681. The molecule has 0 spiro atoms. The van der Waals surface area contributed by atoms with E-state index < -0.39 is 0 Å². The summed E-state index contributed by atoms with van der Waals surface area (Å²) < 4.78 is 15.6. The second-order valence-electron chi connectivity index (χ2n) is 4.90. The molecule has 3 rings (SSSR count). The number of hydrogen-bond donors (Lipinski definition) is 1. The van der Waals surface area contributed by atoms with E-state index in [-0.39, 0.29) is 35.8 Å². The number of rotatable bonds is 6. The third-order valence-electron chi connectivity index (χ3n) is 3.28. The second-order valence-corrected chi connectivity index (χ2v) is 5.83. The molecule has 0 bridgehead atoms. The van der Waals surface area contributed by atoms with E-state index in [9.17, 15) is 9.59 Å². The molecule has 10 heteroatoms. The molecule has 2 aromatic heterocycles. The van der Waals surface area contributed by atoms with E-state index >= 15 is 0 Å². The van der Waals surface area contributed by atoms with Crippen molar-refractivity contribution in [2.24, 2.45) is 0 Å². The van der Waals surface area contributed by atoms with E-state index in [1.807, 2.05) is 0 Å². The van der Waals surface area contributed by atoms with Gasteiger partial charge in [-0.25, -0.2) is 0 Å². The first-order chi connectivity index (χ1) is 11.7. The molecule has 1 fully saturated rings. The van der Waals surface area contributed by atoms with Crippen molar-refractivity contribution in [3.8, 4) is 0 Å². The highest BCUT2D eigenvalue weighted by Crippen LogP contribution is 2.17. The summed E-state index contributed by atoms with van der Waals surface area (Å²) in [4.78, 5) is 25.5. The number of nitrogens with one attached hydrogen (secondary N) is 1. The highest BCUT2D eigenvalue weighted by molar-refractivity contribution is 7.99. The van der Waals surface area contributed by atoms with Crippen LogP contribution < -0.4 is 5.32 Å². The number of carbonyl (C=O) groups excluding carboxylic acids is 2. The van der Waals surface area contributed by atoms with Crippen LogP contribution in [0.15, 0.2) is 32.5 Å². The van der Waals surface area contributed by atoms with Crippen molar-refractivity contribution >= 4 is 23.6 Å². The van der Waals surface area contributed by atoms with Crippen LogP contribution in [0.4, 0.5) is 0 Å². The highest BCUT2D eigenvalue weighted by atomic mass is 32.2. The van der Waals surface area contributed by atoms with Crippen LogP contribution in [0.25, 0.3) is 0 Å². The molecule has 2 aromatic rings. The Labute approximate surface area is 141 Å². The molecule has 3 heterocycles. The number of ether oxygens (including phenoxy) is 1. The van der Waals surface area contributed by atoms with Crippen LogP contribution in [0.2, 0.25) is 0 Å². The zero-order valence-electron chi connectivity index (χ0n) is 12.8. The topological polar surface area (TPSA) is 111 Å². The smallest absolute Gasteiger partial charge is 0.287 e.